The zero-order valence-electron chi connectivity index (χ0n) is 80.3. The van der Waals surface area contributed by atoms with Crippen LogP contribution in [-0.2, 0) is 48.7 Å². The van der Waals surface area contributed by atoms with Crippen LogP contribution in [0, 0.1) is 0 Å². The Morgan fingerprint density at radius 3 is 1.07 bits per heavy atom. The highest BCUT2D eigenvalue weighted by Crippen LogP contribution is 2.48. The van der Waals surface area contributed by atoms with E-state index < -0.39 is 0 Å². The van der Waals surface area contributed by atoms with E-state index in [9.17, 15) is 0 Å². The van der Waals surface area contributed by atoms with E-state index in [0.29, 0.717) is 0 Å². The lowest BCUT2D eigenvalue weighted by Gasteiger charge is -2.08. The average molecular weight is 1870 g/mol. The Bertz CT molecular complexity index is 10600. The van der Waals surface area contributed by atoms with Gasteiger partial charge in [0.1, 0.15) is 11.2 Å². The number of aryl methyl sites for hydroxylation is 6. The van der Waals surface area contributed by atoms with Gasteiger partial charge in [0.15, 0.2) is 0 Å². The van der Waals surface area contributed by atoms with Crippen molar-refractivity contribution in [2.45, 2.75) is 6.42 Å². The second kappa shape index (κ2) is 33.3. The molecule has 33 rings (SSSR count). The number of para-hydroxylation sites is 13. The molecular weight excluding hydrogens is 1770 g/mol. The van der Waals surface area contributed by atoms with Gasteiger partial charge < -0.3 is 45.5 Å². The summed E-state index contributed by atoms with van der Waals surface area (Å²) in [5.74, 6) is 0. The van der Waals surface area contributed by atoms with Crippen molar-refractivity contribution >= 4 is 250 Å². The van der Waals surface area contributed by atoms with E-state index >= 15 is 0 Å². The first-order chi connectivity index (χ1) is 71.0. The molecule has 0 spiro atoms. The van der Waals surface area contributed by atoms with Crippen molar-refractivity contribution in [1.29, 1.82) is 0 Å². The van der Waals surface area contributed by atoms with Gasteiger partial charge in [-0.25, -0.2) is 0 Å². The topological polar surface area (TPSA) is 57.5 Å². The second-order valence-corrected chi connectivity index (χ2v) is 39.5. The highest BCUT2D eigenvalue weighted by Gasteiger charge is 2.26. The van der Waals surface area contributed by atoms with Crippen LogP contribution in [0.3, 0.4) is 0 Å². The molecule has 11 aromatic heterocycles. The van der Waals surface area contributed by atoms with E-state index in [1.807, 2.05) is 23.5 Å². The summed E-state index contributed by atoms with van der Waals surface area (Å²) < 4.78 is 29.6. The Balaban J connectivity index is 0.0000000843. The van der Waals surface area contributed by atoms with E-state index in [1.54, 1.807) is 0 Å². The number of fused-ring (bicyclic) bond motifs is 37. The van der Waals surface area contributed by atoms with Crippen molar-refractivity contribution in [3.05, 3.63) is 466 Å². The molecule has 0 N–H and O–H groups in total. The summed E-state index contributed by atoms with van der Waals surface area (Å²) in [7, 11) is 12.9. The molecule has 684 valence electrons. The zero-order chi connectivity index (χ0) is 95.8. The maximum Gasteiger partial charge on any atom is 0.137 e. The Morgan fingerprint density at radius 2 is 0.521 bits per heavy atom. The van der Waals surface area contributed by atoms with Gasteiger partial charge in [0.2, 0.25) is 0 Å². The van der Waals surface area contributed by atoms with Crippen molar-refractivity contribution in [3.8, 4) is 28.2 Å². The maximum atomic E-state index is 6.00. The molecule has 1 aliphatic rings. The summed E-state index contributed by atoms with van der Waals surface area (Å²) in [6.07, 6.45) is 1.06. The number of furan rings is 1. The van der Waals surface area contributed by atoms with Gasteiger partial charge in [0, 0.05) is 237 Å². The average Bonchev–Trinajstić information content (AvgIpc) is 1.57. The number of nitrogens with zero attached hydrogens (tertiary/aromatic N) is 9. The van der Waals surface area contributed by atoms with E-state index in [1.165, 1.54) is 267 Å². The van der Waals surface area contributed by atoms with Gasteiger partial charge in [-0.1, -0.05) is 285 Å². The normalized spacial score (nSPS) is 12.1. The minimum absolute atomic E-state index is 0.951. The Hall–Kier alpha value is -18.2. The lowest BCUT2D eigenvalue weighted by atomic mass is 10.0. The molecule has 11 heteroatoms. The number of hydrogen-bond donors (Lipinski definition) is 0. The Morgan fingerprint density at radius 1 is 0.174 bits per heavy atom. The number of rotatable bonds is 3. The summed E-state index contributed by atoms with van der Waals surface area (Å²) in [5.41, 5.74) is 34.1. The third kappa shape index (κ3) is 13.0. The molecule has 0 atom stereocenters. The fourth-order valence-electron chi connectivity index (χ4n) is 24.1. The van der Waals surface area contributed by atoms with Gasteiger partial charge in [-0.15, -0.1) is 11.3 Å². The van der Waals surface area contributed by atoms with Gasteiger partial charge in [-0.2, -0.15) is 0 Å². The van der Waals surface area contributed by atoms with Gasteiger partial charge in [0.05, 0.1) is 55.2 Å². The molecular formula is C133H95N9OS. The SMILES string of the molecule is Cn1c2ccccc2c2c1ccc1c3ccccc3n(-c3ccccc3)c12.Cn1c2ccccc2c2cc(-n3c4ccccc4c4ccccc43)ccc21.Cn1c2ccccc2c2cc3c(cc21)Cc1ccccc1-3.Cn1c2ccccc2c2cc3c(cc21)oc1ccccc13.Cn1c2ccccc2c2cc3c(cc21)sc1ccccc13.Cn1c2ccccc2c2cc3c4ccccc4n(-c4ccccc4)c3cc21. The van der Waals surface area contributed by atoms with Gasteiger partial charge in [0.25, 0.3) is 0 Å². The quantitative estimate of drug-likeness (QED) is 0.174. The molecule has 11 heterocycles. The predicted molar refractivity (Wildman–Crippen MR) is 614 cm³/mol. The Labute approximate surface area is 832 Å². The van der Waals surface area contributed by atoms with Crippen molar-refractivity contribution in [2.75, 3.05) is 0 Å². The third-order valence-electron chi connectivity index (χ3n) is 30.8. The molecule has 0 unspecified atom stereocenters. The molecule has 32 aromatic rings. The van der Waals surface area contributed by atoms with Crippen LogP contribution in [0.15, 0.2) is 459 Å². The summed E-state index contributed by atoms with van der Waals surface area (Å²) in [6.45, 7) is 0. The molecule has 0 radical (unpaired) electrons. The van der Waals surface area contributed by atoms with Crippen LogP contribution in [0.2, 0.25) is 0 Å². The summed E-state index contributed by atoms with van der Waals surface area (Å²) in [6, 6.07) is 164. The first-order valence-corrected chi connectivity index (χ1v) is 50.3. The molecule has 0 bridgehead atoms. The van der Waals surface area contributed by atoms with Crippen LogP contribution < -0.4 is 0 Å². The van der Waals surface area contributed by atoms with Crippen molar-refractivity contribution < 1.29 is 4.42 Å². The number of thiophene rings is 1. The summed E-state index contributed by atoms with van der Waals surface area (Å²) >= 11 is 1.88. The predicted octanol–water partition coefficient (Wildman–Crippen LogP) is 35.1. The monoisotopic (exact) mass is 1870 g/mol. The van der Waals surface area contributed by atoms with Crippen molar-refractivity contribution in [2.24, 2.45) is 42.3 Å². The third-order valence-corrected chi connectivity index (χ3v) is 32.0. The van der Waals surface area contributed by atoms with E-state index in [0.717, 1.165) is 17.6 Å². The Kier molecular flexibility index (Phi) is 19.4. The molecule has 144 heavy (non-hydrogen) atoms. The largest absolute Gasteiger partial charge is 0.456 e. The lowest BCUT2D eigenvalue weighted by molar-refractivity contribution is 0.669. The molecule has 0 fully saturated rings. The standard InChI is InChI=1S/3C25H18N2.C20H15N.C19H13NO.C19H13NS/c1-26-22-11-5-2-10-20(22)21-16-17(14-15-23(21)26)27-24-12-6-3-8-18(24)19-9-4-7-13-25(19)27;1-26-21-13-7-6-12-20(21)24-23(26)16-15-19-18-11-5-8-14-22(18)27(25(19)24)17-9-3-2-4-10-17;1-26-22-13-7-5-11-18(22)20-15-21-19-12-6-8-14-23(19)27(25(21)16-24(20)26)17-9-3-2-4-10-17;1-21-19-9-5-4-8-16(19)18-12-17-14(11-20(18)21)10-13-6-2-3-7-15(13)17;2*1-20-16-8-4-2-6-12(16)14-10-15-13-7-3-5-9-18(13)21-19(15)11-17(14)20/h3*2-16H,1H3;2-9,11-12H,10H2,1H3;2*2-11H,1H3. The fourth-order valence-corrected chi connectivity index (χ4v) is 25.2. The van der Waals surface area contributed by atoms with Crippen LogP contribution in [0.25, 0.3) is 267 Å². The van der Waals surface area contributed by atoms with E-state index in [-0.39, 0.29) is 0 Å². The molecule has 0 amide bonds. The minimum atomic E-state index is 0.951. The summed E-state index contributed by atoms with van der Waals surface area (Å²) in [5, 5.41) is 28.8. The van der Waals surface area contributed by atoms with Gasteiger partial charge in [-0.3, -0.25) is 0 Å². The first-order valence-electron chi connectivity index (χ1n) is 49.5. The smallest absolute Gasteiger partial charge is 0.137 e. The van der Waals surface area contributed by atoms with E-state index in [2.05, 4.69) is 526 Å². The molecule has 1 aliphatic carbocycles. The number of benzene rings is 21. The van der Waals surface area contributed by atoms with Crippen LogP contribution in [0.4, 0.5) is 0 Å². The lowest BCUT2D eigenvalue weighted by Crippen LogP contribution is -1.94. The van der Waals surface area contributed by atoms with Crippen molar-refractivity contribution in [3.63, 3.8) is 0 Å². The van der Waals surface area contributed by atoms with Crippen LogP contribution in [0.1, 0.15) is 11.1 Å². The second-order valence-electron chi connectivity index (χ2n) is 38.4. The summed E-state index contributed by atoms with van der Waals surface area (Å²) in [4.78, 5) is 0. The van der Waals surface area contributed by atoms with Crippen LogP contribution in [-0.4, -0.2) is 41.1 Å². The molecule has 21 aromatic carbocycles. The fraction of sp³-hybridized carbons (Fsp3) is 0.0526. The van der Waals surface area contributed by atoms with Gasteiger partial charge >= 0.3 is 0 Å². The van der Waals surface area contributed by atoms with Crippen molar-refractivity contribution in [1.82, 2.24) is 41.1 Å². The highest BCUT2D eigenvalue weighted by molar-refractivity contribution is 7.25. The van der Waals surface area contributed by atoms with Crippen LogP contribution >= 0.6 is 11.3 Å². The number of aromatic nitrogens is 9. The molecule has 0 aliphatic heterocycles. The molecule has 0 saturated carbocycles. The van der Waals surface area contributed by atoms with Gasteiger partial charge in [-0.05, 0) is 192 Å². The zero-order valence-corrected chi connectivity index (χ0v) is 81.2. The molecule has 10 nitrogen and oxygen atoms in total. The highest BCUT2D eigenvalue weighted by atomic mass is 32.1. The molecule has 0 saturated heterocycles. The maximum absolute atomic E-state index is 6.00. The first kappa shape index (κ1) is 84.0. The van der Waals surface area contributed by atoms with E-state index in [4.69, 9.17) is 4.42 Å². The minimum Gasteiger partial charge on any atom is -0.456 e. The number of hydrogen-bond acceptors (Lipinski definition) is 2. The van der Waals surface area contributed by atoms with Crippen LogP contribution in [0.5, 0.6) is 0 Å².